The van der Waals surface area contributed by atoms with Crippen LogP contribution in [0.5, 0.6) is 0 Å². The van der Waals surface area contributed by atoms with Crippen molar-refractivity contribution < 1.29 is 26.3 Å². The van der Waals surface area contributed by atoms with Gasteiger partial charge in [0.05, 0.1) is 35.6 Å². The van der Waals surface area contributed by atoms with Crippen LogP contribution in [0.2, 0.25) is 0 Å². The third kappa shape index (κ3) is 5.71. The molecule has 4 rings (SSSR count). The second kappa shape index (κ2) is 9.24. The zero-order valence-corrected chi connectivity index (χ0v) is 18.0. The van der Waals surface area contributed by atoms with Gasteiger partial charge in [0.2, 0.25) is 0 Å². The van der Waals surface area contributed by atoms with Crippen LogP contribution in [-0.4, -0.2) is 44.9 Å². The maximum absolute atomic E-state index is 12.7. The first-order valence-corrected chi connectivity index (χ1v) is 11.4. The minimum atomic E-state index is -4.54. The first-order chi connectivity index (χ1) is 15.7. The molecule has 1 aliphatic rings. The van der Waals surface area contributed by atoms with Crippen molar-refractivity contribution in [3.8, 4) is 0 Å². The molecule has 1 aromatic heterocycles. The van der Waals surface area contributed by atoms with E-state index in [1.165, 1.54) is 12.1 Å². The van der Waals surface area contributed by atoms with Gasteiger partial charge in [-0.15, -0.1) is 5.10 Å². The number of anilines is 4. The summed E-state index contributed by atoms with van der Waals surface area (Å²) in [6, 6.07) is 11.5. The fourth-order valence-corrected chi connectivity index (χ4v) is 4.28. The molecule has 0 bridgehead atoms. The highest BCUT2D eigenvalue weighted by molar-refractivity contribution is 7.92. The highest BCUT2D eigenvalue weighted by atomic mass is 32.2. The number of halogens is 3. The van der Waals surface area contributed by atoms with Gasteiger partial charge in [-0.05, 0) is 48.5 Å². The summed E-state index contributed by atoms with van der Waals surface area (Å²) in [5, 5.41) is 11.2. The molecule has 2 heterocycles. The number of sulfonamides is 1. The number of hydrogen-bond donors (Lipinski definition) is 2. The Morgan fingerprint density at radius 2 is 1.58 bits per heavy atom. The molecule has 0 saturated carbocycles. The average molecular weight is 479 g/mol. The Hall–Kier alpha value is -3.38. The van der Waals surface area contributed by atoms with Crippen molar-refractivity contribution in [1.82, 2.24) is 10.2 Å². The molecule has 1 aliphatic heterocycles. The SMILES string of the molecule is O=S(=O)(Nc1ccc(Nc2cc(N3CCOCC3)cnn2)cc1)c1ccc(C(F)(F)F)cc1. The van der Waals surface area contributed by atoms with Crippen LogP contribution in [0.25, 0.3) is 0 Å². The van der Waals surface area contributed by atoms with E-state index in [0.29, 0.717) is 24.7 Å². The molecule has 0 unspecified atom stereocenters. The first kappa shape index (κ1) is 22.8. The van der Waals surface area contributed by atoms with Gasteiger partial charge in [-0.25, -0.2) is 8.42 Å². The van der Waals surface area contributed by atoms with Gasteiger partial charge in [0.25, 0.3) is 10.0 Å². The minimum Gasteiger partial charge on any atom is -0.378 e. The summed E-state index contributed by atoms with van der Waals surface area (Å²) in [5.41, 5.74) is 0.906. The molecule has 0 spiro atoms. The van der Waals surface area contributed by atoms with E-state index in [0.717, 1.165) is 43.0 Å². The lowest BCUT2D eigenvalue weighted by molar-refractivity contribution is -0.137. The van der Waals surface area contributed by atoms with Crippen LogP contribution in [-0.2, 0) is 20.9 Å². The van der Waals surface area contributed by atoms with Crippen molar-refractivity contribution in [1.29, 1.82) is 0 Å². The second-order valence-corrected chi connectivity index (χ2v) is 8.91. The highest BCUT2D eigenvalue weighted by Crippen LogP contribution is 2.30. The molecule has 1 saturated heterocycles. The van der Waals surface area contributed by atoms with Crippen LogP contribution in [0.15, 0.2) is 65.7 Å². The fourth-order valence-electron chi connectivity index (χ4n) is 3.22. The number of nitrogens with one attached hydrogen (secondary N) is 2. The zero-order chi connectivity index (χ0) is 23.5. The Kier molecular flexibility index (Phi) is 6.38. The van der Waals surface area contributed by atoms with Gasteiger partial charge in [-0.3, -0.25) is 4.72 Å². The maximum Gasteiger partial charge on any atom is 0.416 e. The summed E-state index contributed by atoms with van der Waals surface area (Å²) in [7, 11) is -4.04. The maximum atomic E-state index is 12.7. The number of rotatable bonds is 6. The fraction of sp³-hybridized carbons (Fsp3) is 0.238. The Morgan fingerprint density at radius 1 is 0.939 bits per heavy atom. The van der Waals surface area contributed by atoms with Gasteiger partial charge >= 0.3 is 6.18 Å². The average Bonchev–Trinajstić information content (AvgIpc) is 2.80. The summed E-state index contributed by atoms with van der Waals surface area (Å²) >= 11 is 0. The Bertz CT molecular complexity index is 1200. The minimum absolute atomic E-state index is 0.258. The molecule has 2 aromatic carbocycles. The molecule has 2 N–H and O–H groups in total. The van der Waals surface area contributed by atoms with E-state index in [9.17, 15) is 21.6 Å². The van der Waals surface area contributed by atoms with Crippen molar-refractivity contribution in [3.63, 3.8) is 0 Å². The predicted octanol–water partition coefficient (Wildman–Crippen LogP) is 3.88. The number of alkyl halides is 3. The number of benzene rings is 2. The Labute approximate surface area is 188 Å². The zero-order valence-electron chi connectivity index (χ0n) is 17.2. The van der Waals surface area contributed by atoms with Gasteiger partial charge in [0.1, 0.15) is 0 Å². The van der Waals surface area contributed by atoms with E-state index in [1.807, 2.05) is 6.07 Å². The van der Waals surface area contributed by atoms with Gasteiger partial charge in [-0.2, -0.15) is 18.3 Å². The lowest BCUT2D eigenvalue weighted by Crippen LogP contribution is -2.36. The summed E-state index contributed by atoms with van der Waals surface area (Å²) in [5.74, 6) is 0.525. The van der Waals surface area contributed by atoms with Crippen LogP contribution >= 0.6 is 0 Å². The molecule has 33 heavy (non-hydrogen) atoms. The molecule has 0 amide bonds. The van der Waals surface area contributed by atoms with Crippen molar-refractivity contribution >= 4 is 32.9 Å². The van der Waals surface area contributed by atoms with Gasteiger partial charge in [-0.1, -0.05) is 0 Å². The normalized spacial score (nSPS) is 14.7. The molecular weight excluding hydrogens is 459 g/mol. The van der Waals surface area contributed by atoms with Gasteiger partial charge < -0.3 is 15.0 Å². The Balaban J connectivity index is 1.42. The molecule has 8 nitrogen and oxygen atoms in total. The van der Waals surface area contributed by atoms with Crippen molar-refractivity contribution in [2.45, 2.75) is 11.1 Å². The molecular formula is C21H20F3N5O3S. The van der Waals surface area contributed by atoms with E-state index in [1.54, 1.807) is 18.3 Å². The van der Waals surface area contributed by atoms with Crippen molar-refractivity contribution in [2.75, 3.05) is 41.2 Å². The topological polar surface area (TPSA) is 96.5 Å². The summed E-state index contributed by atoms with van der Waals surface area (Å²) in [4.78, 5) is 1.87. The molecule has 0 atom stereocenters. The van der Waals surface area contributed by atoms with E-state index in [-0.39, 0.29) is 10.6 Å². The quantitative estimate of drug-likeness (QED) is 0.554. The summed E-state index contributed by atoms with van der Waals surface area (Å²) < 4.78 is 70.7. The van der Waals surface area contributed by atoms with Gasteiger partial charge in [0.15, 0.2) is 5.82 Å². The van der Waals surface area contributed by atoms with Crippen LogP contribution in [0.4, 0.5) is 36.1 Å². The third-order valence-electron chi connectivity index (χ3n) is 4.92. The highest BCUT2D eigenvalue weighted by Gasteiger charge is 2.30. The van der Waals surface area contributed by atoms with E-state index < -0.39 is 21.8 Å². The first-order valence-electron chi connectivity index (χ1n) is 9.93. The van der Waals surface area contributed by atoms with E-state index >= 15 is 0 Å². The van der Waals surface area contributed by atoms with E-state index in [4.69, 9.17) is 4.74 Å². The van der Waals surface area contributed by atoms with Crippen LogP contribution in [0, 0.1) is 0 Å². The van der Waals surface area contributed by atoms with Gasteiger partial charge in [0, 0.05) is 30.5 Å². The molecule has 1 fully saturated rings. The van der Waals surface area contributed by atoms with Crippen LogP contribution in [0.3, 0.4) is 0 Å². The lowest BCUT2D eigenvalue weighted by Gasteiger charge is -2.28. The number of hydrogen-bond acceptors (Lipinski definition) is 7. The third-order valence-corrected chi connectivity index (χ3v) is 6.31. The molecule has 0 radical (unpaired) electrons. The molecule has 174 valence electrons. The largest absolute Gasteiger partial charge is 0.416 e. The molecule has 3 aromatic rings. The number of nitrogens with zero attached hydrogens (tertiary/aromatic N) is 3. The predicted molar refractivity (Wildman–Crippen MR) is 117 cm³/mol. The standard InChI is InChI=1S/C21H20F3N5O3S/c22-21(23,24)15-1-7-19(8-2-15)33(30,31)28-17-5-3-16(4-6-17)26-20-13-18(14-25-27-20)29-9-11-32-12-10-29/h1-8,13-14,28H,9-12H2,(H,26,27). The van der Waals surface area contributed by atoms with Crippen molar-refractivity contribution in [2.24, 2.45) is 0 Å². The second-order valence-electron chi connectivity index (χ2n) is 7.23. The van der Waals surface area contributed by atoms with E-state index in [2.05, 4.69) is 25.1 Å². The van der Waals surface area contributed by atoms with Crippen LogP contribution < -0.4 is 14.9 Å². The van der Waals surface area contributed by atoms with Crippen LogP contribution in [0.1, 0.15) is 5.56 Å². The molecule has 12 heteroatoms. The molecule has 0 aliphatic carbocycles. The number of morpholine rings is 1. The monoisotopic (exact) mass is 479 g/mol. The van der Waals surface area contributed by atoms with Crippen molar-refractivity contribution in [3.05, 3.63) is 66.4 Å². The lowest BCUT2D eigenvalue weighted by atomic mass is 10.2. The summed E-state index contributed by atoms with van der Waals surface area (Å²) in [6.07, 6.45) is -2.86. The smallest absolute Gasteiger partial charge is 0.378 e. The summed E-state index contributed by atoms with van der Waals surface area (Å²) in [6.45, 7) is 2.82. The Morgan fingerprint density at radius 3 is 2.21 bits per heavy atom. The number of aromatic nitrogens is 2. The number of ether oxygens (including phenoxy) is 1.